The van der Waals surface area contributed by atoms with Gasteiger partial charge in [-0.2, -0.15) is 0 Å². The first-order valence-electron chi connectivity index (χ1n) is 6.83. The molecule has 0 amide bonds. The minimum absolute atomic E-state index is 0.0490. The van der Waals surface area contributed by atoms with E-state index in [4.69, 9.17) is 0 Å². The van der Waals surface area contributed by atoms with E-state index in [0.717, 1.165) is 5.56 Å². The highest BCUT2D eigenvalue weighted by atomic mass is 16.6. The van der Waals surface area contributed by atoms with Crippen LogP contribution in [0, 0.1) is 10.1 Å². The van der Waals surface area contributed by atoms with Gasteiger partial charge in [0.25, 0.3) is 5.69 Å². The second-order valence-electron chi connectivity index (χ2n) is 4.90. The lowest BCUT2D eigenvalue weighted by Gasteiger charge is -2.10. The molecule has 2 aromatic carbocycles. The highest BCUT2D eigenvalue weighted by Crippen LogP contribution is 2.29. The third-order valence-electron chi connectivity index (χ3n) is 3.48. The topological polar surface area (TPSA) is 85.4 Å². The molecule has 0 fully saturated rings. The van der Waals surface area contributed by atoms with Gasteiger partial charge in [0.05, 0.1) is 21.9 Å². The molecule has 0 aliphatic carbocycles. The van der Waals surface area contributed by atoms with Crippen LogP contribution in [0.5, 0.6) is 0 Å². The minimum Gasteiger partial charge on any atom is -0.478 e. The van der Waals surface area contributed by atoms with Crippen LogP contribution in [0.15, 0.2) is 66.9 Å². The number of carboxylic acid groups (broad SMARTS) is 1. The fraction of sp³-hybridized carbons (Fsp3) is 0. The summed E-state index contributed by atoms with van der Waals surface area (Å²) in [5.74, 6) is -1.05. The second kappa shape index (κ2) is 5.76. The molecule has 1 heterocycles. The van der Waals surface area contributed by atoms with Crippen molar-refractivity contribution in [3.05, 3.63) is 82.5 Å². The fourth-order valence-corrected chi connectivity index (χ4v) is 2.47. The summed E-state index contributed by atoms with van der Waals surface area (Å²) in [7, 11) is 0. The van der Waals surface area contributed by atoms with E-state index in [1.807, 2.05) is 18.2 Å². The van der Waals surface area contributed by atoms with Crippen LogP contribution < -0.4 is 0 Å². The summed E-state index contributed by atoms with van der Waals surface area (Å²) < 4.78 is 1.64. The van der Waals surface area contributed by atoms with Crippen LogP contribution in [0.2, 0.25) is 0 Å². The SMILES string of the molecule is O=C(O)c1ccn(-c2cccc([N+](=O)[O-])c2)c1-c1ccccc1. The number of non-ortho nitro benzene ring substituents is 1. The van der Waals surface area contributed by atoms with Gasteiger partial charge in [-0.1, -0.05) is 36.4 Å². The van der Waals surface area contributed by atoms with Crippen LogP contribution in [-0.4, -0.2) is 20.6 Å². The number of hydrogen-bond donors (Lipinski definition) is 1. The molecular weight excluding hydrogens is 296 g/mol. The quantitative estimate of drug-likeness (QED) is 0.587. The molecule has 0 saturated carbocycles. The molecule has 0 aliphatic heterocycles. The molecule has 0 aliphatic rings. The van der Waals surface area contributed by atoms with Gasteiger partial charge in [-0.25, -0.2) is 4.79 Å². The normalized spacial score (nSPS) is 10.4. The Morgan fingerprint density at radius 1 is 1.04 bits per heavy atom. The Kier molecular flexibility index (Phi) is 3.64. The predicted molar refractivity (Wildman–Crippen MR) is 84.8 cm³/mol. The van der Waals surface area contributed by atoms with Crippen molar-refractivity contribution in [2.45, 2.75) is 0 Å². The summed E-state index contributed by atoms with van der Waals surface area (Å²) in [6, 6.07) is 16.6. The van der Waals surface area contributed by atoms with Gasteiger partial charge in [-0.3, -0.25) is 10.1 Å². The van der Waals surface area contributed by atoms with Gasteiger partial charge < -0.3 is 9.67 Å². The Hall–Kier alpha value is -3.41. The Bertz CT molecular complexity index is 885. The number of aromatic nitrogens is 1. The summed E-state index contributed by atoms with van der Waals surface area (Å²) in [4.78, 5) is 22.0. The minimum atomic E-state index is -1.05. The average molecular weight is 308 g/mol. The van der Waals surface area contributed by atoms with E-state index in [2.05, 4.69) is 0 Å². The van der Waals surface area contributed by atoms with Gasteiger partial charge in [0.2, 0.25) is 0 Å². The van der Waals surface area contributed by atoms with Crippen molar-refractivity contribution in [2.75, 3.05) is 0 Å². The van der Waals surface area contributed by atoms with Crippen LogP contribution in [0.1, 0.15) is 10.4 Å². The molecule has 0 bridgehead atoms. The van der Waals surface area contributed by atoms with Gasteiger partial charge in [0.1, 0.15) is 0 Å². The molecule has 1 N–H and O–H groups in total. The van der Waals surface area contributed by atoms with Crippen molar-refractivity contribution >= 4 is 11.7 Å². The zero-order valence-electron chi connectivity index (χ0n) is 11.9. The molecule has 3 rings (SSSR count). The van der Waals surface area contributed by atoms with E-state index >= 15 is 0 Å². The van der Waals surface area contributed by atoms with Crippen molar-refractivity contribution in [1.29, 1.82) is 0 Å². The van der Waals surface area contributed by atoms with E-state index in [0.29, 0.717) is 11.4 Å². The van der Waals surface area contributed by atoms with Crippen molar-refractivity contribution in [2.24, 2.45) is 0 Å². The Morgan fingerprint density at radius 2 is 1.78 bits per heavy atom. The van der Waals surface area contributed by atoms with Crippen LogP contribution in [0.4, 0.5) is 5.69 Å². The third kappa shape index (κ3) is 2.69. The van der Waals surface area contributed by atoms with Crippen LogP contribution in [0.3, 0.4) is 0 Å². The molecular formula is C17H12N2O4. The first-order valence-corrected chi connectivity index (χ1v) is 6.83. The maximum atomic E-state index is 11.5. The Morgan fingerprint density at radius 3 is 2.43 bits per heavy atom. The highest BCUT2D eigenvalue weighted by Gasteiger charge is 2.18. The fourth-order valence-electron chi connectivity index (χ4n) is 2.47. The van der Waals surface area contributed by atoms with E-state index in [-0.39, 0.29) is 11.3 Å². The van der Waals surface area contributed by atoms with E-state index in [9.17, 15) is 20.0 Å². The Balaban J connectivity index is 2.23. The van der Waals surface area contributed by atoms with Gasteiger partial charge in [-0.05, 0) is 17.7 Å². The number of nitrogens with zero attached hydrogens (tertiary/aromatic N) is 2. The van der Waals surface area contributed by atoms with Crippen LogP contribution in [-0.2, 0) is 0 Å². The highest BCUT2D eigenvalue weighted by molar-refractivity contribution is 5.95. The molecule has 6 heteroatoms. The lowest BCUT2D eigenvalue weighted by molar-refractivity contribution is -0.384. The third-order valence-corrected chi connectivity index (χ3v) is 3.48. The number of rotatable bonds is 4. The smallest absolute Gasteiger partial charge is 0.337 e. The summed E-state index contributed by atoms with van der Waals surface area (Å²) in [6.45, 7) is 0. The van der Waals surface area contributed by atoms with E-state index in [1.165, 1.54) is 18.2 Å². The lowest BCUT2D eigenvalue weighted by Crippen LogP contribution is -2.02. The van der Waals surface area contributed by atoms with Gasteiger partial charge in [-0.15, -0.1) is 0 Å². The van der Waals surface area contributed by atoms with Gasteiger partial charge in [0, 0.05) is 18.3 Å². The summed E-state index contributed by atoms with van der Waals surface area (Å²) in [5.41, 5.74) is 1.83. The van der Waals surface area contributed by atoms with E-state index < -0.39 is 10.9 Å². The van der Waals surface area contributed by atoms with Gasteiger partial charge >= 0.3 is 5.97 Å². The monoisotopic (exact) mass is 308 g/mol. The Labute approximate surface area is 131 Å². The largest absolute Gasteiger partial charge is 0.478 e. The standard InChI is InChI=1S/C17H12N2O4/c20-17(21)15-9-10-18(16(15)12-5-2-1-3-6-12)13-7-4-8-14(11-13)19(22)23/h1-11H,(H,20,21). The molecule has 3 aromatic rings. The first-order chi connectivity index (χ1) is 11.1. The lowest BCUT2D eigenvalue weighted by atomic mass is 10.1. The van der Waals surface area contributed by atoms with Crippen LogP contribution in [0.25, 0.3) is 16.9 Å². The predicted octanol–water partition coefficient (Wildman–Crippen LogP) is 3.75. The first kappa shape index (κ1) is 14.5. The molecule has 0 saturated heterocycles. The zero-order chi connectivity index (χ0) is 16.4. The number of aromatic carboxylic acids is 1. The van der Waals surface area contributed by atoms with Crippen LogP contribution >= 0.6 is 0 Å². The van der Waals surface area contributed by atoms with Crippen molar-refractivity contribution in [3.8, 4) is 16.9 Å². The summed E-state index contributed by atoms with van der Waals surface area (Å²) in [6.07, 6.45) is 1.60. The van der Waals surface area contributed by atoms with E-state index in [1.54, 1.807) is 35.0 Å². The molecule has 0 spiro atoms. The number of nitro benzene ring substituents is 1. The second-order valence-corrected chi connectivity index (χ2v) is 4.90. The van der Waals surface area contributed by atoms with Crippen molar-refractivity contribution in [3.63, 3.8) is 0 Å². The summed E-state index contributed by atoms with van der Waals surface area (Å²) >= 11 is 0. The molecule has 0 atom stereocenters. The maximum absolute atomic E-state index is 11.5. The number of hydrogen-bond acceptors (Lipinski definition) is 3. The average Bonchev–Trinajstić information content (AvgIpc) is 3.01. The number of nitro groups is 1. The molecule has 6 nitrogen and oxygen atoms in total. The summed E-state index contributed by atoms with van der Waals surface area (Å²) in [5, 5.41) is 20.4. The molecule has 0 radical (unpaired) electrons. The molecule has 23 heavy (non-hydrogen) atoms. The molecule has 0 unspecified atom stereocenters. The number of benzene rings is 2. The maximum Gasteiger partial charge on any atom is 0.337 e. The molecule has 1 aromatic heterocycles. The van der Waals surface area contributed by atoms with Crippen molar-refractivity contribution < 1.29 is 14.8 Å². The zero-order valence-corrected chi connectivity index (χ0v) is 11.9. The van der Waals surface area contributed by atoms with Crippen molar-refractivity contribution in [1.82, 2.24) is 4.57 Å². The number of carboxylic acids is 1. The number of carbonyl (C=O) groups is 1. The molecule has 114 valence electrons. The van der Waals surface area contributed by atoms with Gasteiger partial charge in [0.15, 0.2) is 0 Å².